The van der Waals surface area contributed by atoms with Crippen LogP contribution in [0.2, 0.25) is 0 Å². The van der Waals surface area contributed by atoms with Crippen LogP contribution in [0, 0.1) is 5.92 Å². The topological polar surface area (TPSA) is 55.1 Å². The second-order valence-electron chi connectivity index (χ2n) is 5.20. The van der Waals surface area contributed by atoms with Gasteiger partial charge in [-0.25, -0.2) is 0 Å². The molecule has 18 heavy (non-hydrogen) atoms. The van der Waals surface area contributed by atoms with Crippen LogP contribution in [-0.2, 0) is 4.79 Å². The van der Waals surface area contributed by atoms with Crippen molar-refractivity contribution < 1.29 is 4.79 Å². The summed E-state index contributed by atoms with van der Waals surface area (Å²) >= 11 is 0. The molecule has 1 atom stereocenters. The molecule has 0 bridgehead atoms. The van der Waals surface area contributed by atoms with Crippen molar-refractivity contribution >= 4 is 5.91 Å². The maximum absolute atomic E-state index is 11.6. The molecule has 0 saturated carbocycles. The number of unbranched alkanes of at least 4 members (excludes halogenated alkanes) is 4. The first-order valence-corrected chi connectivity index (χ1v) is 7.71. The van der Waals surface area contributed by atoms with Crippen LogP contribution in [0.4, 0.5) is 0 Å². The molecule has 0 fully saturated rings. The standard InChI is InChI=1S/C15H32N2O/c1-3-5-6-7-8-10-15(18)17-13-14(9-4-2)11-12-16/h14H,3-13,16H2,1-2H3,(H,17,18). The highest BCUT2D eigenvalue weighted by Gasteiger charge is 2.08. The number of hydrogen-bond acceptors (Lipinski definition) is 2. The molecule has 1 unspecified atom stereocenters. The highest BCUT2D eigenvalue weighted by Crippen LogP contribution is 2.09. The Hall–Kier alpha value is -0.570. The molecular weight excluding hydrogens is 224 g/mol. The minimum atomic E-state index is 0.213. The molecule has 3 N–H and O–H groups in total. The van der Waals surface area contributed by atoms with Gasteiger partial charge in [0.2, 0.25) is 5.91 Å². The van der Waals surface area contributed by atoms with Gasteiger partial charge in [-0.2, -0.15) is 0 Å². The van der Waals surface area contributed by atoms with Crippen molar-refractivity contribution in [2.75, 3.05) is 13.1 Å². The Morgan fingerprint density at radius 2 is 1.78 bits per heavy atom. The van der Waals surface area contributed by atoms with Gasteiger partial charge in [-0.05, 0) is 31.7 Å². The van der Waals surface area contributed by atoms with Crippen molar-refractivity contribution in [3.05, 3.63) is 0 Å². The van der Waals surface area contributed by atoms with Gasteiger partial charge in [0.15, 0.2) is 0 Å². The van der Waals surface area contributed by atoms with Crippen molar-refractivity contribution in [1.29, 1.82) is 0 Å². The third-order valence-electron chi connectivity index (χ3n) is 3.37. The second-order valence-corrected chi connectivity index (χ2v) is 5.20. The van der Waals surface area contributed by atoms with E-state index >= 15 is 0 Å². The van der Waals surface area contributed by atoms with E-state index in [0.717, 1.165) is 38.8 Å². The molecule has 0 aliphatic heterocycles. The molecule has 0 heterocycles. The summed E-state index contributed by atoms with van der Waals surface area (Å²) in [6.45, 7) is 5.91. The van der Waals surface area contributed by atoms with Crippen LogP contribution in [0.3, 0.4) is 0 Å². The summed E-state index contributed by atoms with van der Waals surface area (Å²) in [6, 6.07) is 0. The Balaban J connectivity index is 3.54. The third-order valence-corrected chi connectivity index (χ3v) is 3.37. The van der Waals surface area contributed by atoms with Gasteiger partial charge in [0, 0.05) is 13.0 Å². The molecule has 1 amide bonds. The van der Waals surface area contributed by atoms with Gasteiger partial charge in [0.25, 0.3) is 0 Å². The molecule has 0 radical (unpaired) electrons. The average molecular weight is 256 g/mol. The van der Waals surface area contributed by atoms with Gasteiger partial charge >= 0.3 is 0 Å². The van der Waals surface area contributed by atoms with Crippen LogP contribution in [0.25, 0.3) is 0 Å². The largest absolute Gasteiger partial charge is 0.356 e. The minimum absolute atomic E-state index is 0.213. The Kier molecular flexibility index (Phi) is 12.5. The fourth-order valence-corrected chi connectivity index (χ4v) is 2.23. The van der Waals surface area contributed by atoms with Crippen molar-refractivity contribution in [1.82, 2.24) is 5.32 Å². The zero-order chi connectivity index (χ0) is 13.6. The maximum Gasteiger partial charge on any atom is 0.220 e. The number of hydrogen-bond donors (Lipinski definition) is 2. The molecule has 0 aliphatic rings. The van der Waals surface area contributed by atoms with E-state index in [1.807, 2.05) is 0 Å². The predicted molar refractivity (Wildman–Crippen MR) is 78.5 cm³/mol. The van der Waals surface area contributed by atoms with Crippen molar-refractivity contribution in [2.45, 2.75) is 71.6 Å². The summed E-state index contributed by atoms with van der Waals surface area (Å²) in [5.74, 6) is 0.772. The molecule has 0 aliphatic carbocycles. The van der Waals surface area contributed by atoms with Crippen LogP contribution in [0.1, 0.15) is 71.6 Å². The highest BCUT2D eigenvalue weighted by molar-refractivity contribution is 5.75. The first kappa shape index (κ1) is 17.4. The lowest BCUT2D eigenvalue weighted by atomic mass is 10.00. The average Bonchev–Trinajstić information content (AvgIpc) is 2.36. The molecule has 0 aromatic carbocycles. The Labute approximate surface area is 113 Å². The van der Waals surface area contributed by atoms with E-state index in [4.69, 9.17) is 5.73 Å². The predicted octanol–water partition coefficient (Wildman–Crippen LogP) is 3.23. The third kappa shape index (κ3) is 10.6. The lowest BCUT2D eigenvalue weighted by Crippen LogP contribution is -2.30. The fourth-order valence-electron chi connectivity index (χ4n) is 2.23. The number of carbonyl (C=O) groups is 1. The summed E-state index contributed by atoms with van der Waals surface area (Å²) in [7, 11) is 0. The van der Waals surface area contributed by atoms with Crippen molar-refractivity contribution in [3.8, 4) is 0 Å². The summed E-state index contributed by atoms with van der Waals surface area (Å²) in [5, 5.41) is 3.05. The summed E-state index contributed by atoms with van der Waals surface area (Å²) < 4.78 is 0. The summed E-state index contributed by atoms with van der Waals surface area (Å²) in [5.41, 5.74) is 5.58. The van der Waals surface area contributed by atoms with Crippen LogP contribution in [-0.4, -0.2) is 19.0 Å². The van der Waals surface area contributed by atoms with Gasteiger partial charge in [0.1, 0.15) is 0 Å². The smallest absolute Gasteiger partial charge is 0.220 e. The lowest BCUT2D eigenvalue weighted by molar-refractivity contribution is -0.121. The van der Waals surface area contributed by atoms with Gasteiger partial charge in [-0.1, -0.05) is 46.0 Å². The SMILES string of the molecule is CCCCCCCC(=O)NCC(CCC)CCN. The number of nitrogens with two attached hydrogens (primary N) is 1. The molecule has 108 valence electrons. The van der Waals surface area contributed by atoms with Gasteiger partial charge in [-0.3, -0.25) is 4.79 Å². The van der Waals surface area contributed by atoms with E-state index in [2.05, 4.69) is 19.2 Å². The zero-order valence-corrected chi connectivity index (χ0v) is 12.3. The van der Waals surface area contributed by atoms with Crippen molar-refractivity contribution in [3.63, 3.8) is 0 Å². The molecular formula is C15H32N2O. The fraction of sp³-hybridized carbons (Fsp3) is 0.933. The van der Waals surface area contributed by atoms with Crippen molar-refractivity contribution in [2.24, 2.45) is 11.7 Å². The van der Waals surface area contributed by atoms with Crippen LogP contribution in [0.15, 0.2) is 0 Å². The quantitative estimate of drug-likeness (QED) is 0.527. The van der Waals surface area contributed by atoms with E-state index in [0.29, 0.717) is 12.3 Å². The number of carbonyl (C=O) groups excluding carboxylic acids is 1. The Bertz CT molecular complexity index is 189. The summed E-state index contributed by atoms with van der Waals surface area (Å²) in [6.07, 6.45) is 10.0. The number of amides is 1. The monoisotopic (exact) mass is 256 g/mol. The Morgan fingerprint density at radius 1 is 1.06 bits per heavy atom. The molecule has 0 aromatic rings. The van der Waals surface area contributed by atoms with Gasteiger partial charge in [-0.15, -0.1) is 0 Å². The van der Waals surface area contributed by atoms with Crippen LogP contribution in [0.5, 0.6) is 0 Å². The zero-order valence-electron chi connectivity index (χ0n) is 12.3. The van der Waals surface area contributed by atoms with Crippen LogP contribution < -0.4 is 11.1 Å². The molecule has 3 nitrogen and oxygen atoms in total. The van der Waals surface area contributed by atoms with E-state index < -0.39 is 0 Å². The van der Waals surface area contributed by atoms with E-state index in [1.165, 1.54) is 25.7 Å². The molecule has 0 aromatic heterocycles. The Morgan fingerprint density at radius 3 is 2.39 bits per heavy atom. The minimum Gasteiger partial charge on any atom is -0.356 e. The highest BCUT2D eigenvalue weighted by atomic mass is 16.1. The first-order valence-electron chi connectivity index (χ1n) is 7.71. The van der Waals surface area contributed by atoms with Gasteiger partial charge in [0.05, 0.1) is 0 Å². The molecule has 0 saturated heterocycles. The van der Waals surface area contributed by atoms with E-state index in [9.17, 15) is 4.79 Å². The summed E-state index contributed by atoms with van der Waals surface area (Å²) in [4.78, 5) is 11.6. The normalized spacial score (nSPS) is 12.4. The second kappa shape index (κ2) is 12.9. The molecule has 3 heteroatoms. The van der Waals surface area contributed by atoms with Gasteiger partial charge < -0.3 is 11.1 Å². The lowest BCUT2D eigenvalue weighted by Gasteiger charge is -2.15. The molecule has 0 spiro atoms. The van der Waals surface area contributed by atoms with E-state index in [1.54, 1.807) is 0 Å². The number of nitrogens with one attached hydrogen (secondary N) is 1. The molecule has 0 rings (SSSR count). The van der Waals surface area contributed by atoms with Crippen LogP contribution >= 0.6 is 0 Å². The number of rotatable bonds is 12. The van der Waals surface area contributed by atoms with E-state index in [-0.39, 0.29) is 5.91 Å². The first-order chi connectivity index (χ1) is 8.74. The maximum atomic E-state index is 11.6.